The summed E-state index contributed by atoms with van der Waals surface area (Å²) in [7, 11) is 0. The van der Waals surface area contributed by atoms with Crippen LogP contribution in [0.3, 0.4) is 0 Å². The fourth-order valence-corrected chi connectivity index (χ4v) is 2.86. The van der Waals surface area contributed by atoms with E-state index in [1.54, 1.807) is 11.3 Å². The summed E-state index contributed by atoms with van der Waals surface area (Å²) in [5, 5.41) is 2.12. The zero-order valence-corrected chi connectivity index (χ0v) is 10.2. The first-order valence-electron chi connectivity index (χ1n) is 4.07. The van der Waals surface area contributed by atoms with Crippen molar-refractivity contribution in [3.8, 4) is 10.4 Å². The Kier molecular flexibility index (Phi) is 2.69. The minimum atomic E-state index is 1.31. The zero-order chi connectivity index (χ0) is 9.26. The fourth-order valence-electron chi connectivity index (χ4n) is 1.32. The fraction of sp³-hybridized carbons (Fsp3) is 0.0909. The van der Waals surface area contributed by atoms with Crippen LogP contribution in [0.15, 0.2) is 35.7 Å². The van der Waals surface area contributed by atoms with Crippen molar-refractivity contribution in [3.63, 3.8) is 0 Å². The molecule has 0 saturated heterocycles. The average Bonchev–Trinajstić information content (AvgIpc) is 2.53. The third kappa shape index (κ3) is 2.11. The average molecular weight is 300 g/mol. The molecule has 1 heterocycles. The van der Waals surface area contributed by atoms with Crippen molar-refractivity contribution >= 4 is 33.9 Å². The second kappa shape index (κ2) is 3.80. The molecule has 0 radical (unpaired) electrons. The largest absolute Gasteiger partial charge is 0.144 e. The van der Waals surface area contributed by atoms with Gasteiger partial charge >= 0.3 is 0 Å². The van der Waals surface area contributed by atoms with Gasteiger partial charge in [-0.25, -0.2) is 0 Å². The van der Waals surface area contributed by atoms with Crippen LogP contribution in [-0.4, -0.2) is 0 Å². The maximum atomic E-state index is 2.36. The summed E-state index contributed by atoms with van der Waals surface area (Å²) >= 11 is 4.15. The Morgan fingerprint density at radius 1 is 1.23 bits per heavy atom. The lowest BCUT2D eigenvalue weighted by Crippen LogP contribution is -1.78. The van der Waals surface area contributed by atoms with Gasteiger partial charge in [0.05, 0.1) is 0 Å². The Labute approximate surface area is 95.8 Å². The number of halogens is 1. The predicted molar refractivity (Wildman–Crippen MR) is 67.2 cm³/mol. The molecule has 0 aliphatic rings. The van der Waals surface area contributed by atoms with Gasteiger partial charge in [-0.1, -0.05) is 12.1 Å². The van der Waals surface area contributed by atoms with Gasteiger partial charge < -0.3 is 0 Å². The van der Waals surface area contributed by atoms with Gasteiger partial charge in [-0.2, -0.15) is 0 Å². The molecule has 0 unspecified atom stereocenters. The maximum Gasteiger partial charge on any atom is 0.0343 e. The summed E-state index contributed by atoms with van der Waals surface area (Å²) in [6.45, 7) is 2.14. The summed E-state index contributed by atoms with van der Waals surface area (Å²) in [6, 6.07) is 10.9. The minimum absolute atomic E-state index is 1.31. The molecule has 0 bridgehead atoms. The molecule has 0 nitrogen and oxygen atoms in total. The van der Waals surface area contributed by atoms with Gasteiger partial charge in [0.1, 0.15) is 0 Å². The number of benzene rings is 1. The van der Waals surface area contributed by atoms with E-state index in [-0.39, 0.29) is 0 Å². The molecule has 66 valence electrons. The van der Waals surface area contributed by atoms with Gasteiger partial charge in [-0.15, -0.1) is 11.3 Å². The number of aryl methyl sites for hydroxylation is 1. The van der Waals surface area contributed by atoms with Gasteiger partial charge in [0, 0.05) is 8.45 Å². The van der Waals surface area contributed by atoms with Crippen LogP contribution in [0.1, 0.15) is 5.56 Å². The number of rotatable bonds is 1. The van der Waals surface area contributed by atoms with Crippen molar-refractivity contribution < 1.29 is 0 Å². The zero-order valence-electron chi connectivity index (χ0n) is 7.25. The van der Waals surface area contributed by atoms with Crippen LogP contribution < -0.4 is 0 Å². The Hall–Kier alpha value is -0.350. The van der Waals surface area contributed by atoms with Crippen LogP contribution in [0.5, 0.6) is 0 Å². The quantitative estimate of drug-likeness (QED) is 0.688. The van der Waals surface area contributed by atoms with Crippen LogP contribution in [0.2, 0.25) is 0 Å². The lowest BCUT2D eigenvalue weighted by atomic mass is 10.1. The number of hydrogen-bond donors (Lipinski definition) is 0. The monoisotopic (exact) mass is 300 g/mol. The third-order valence-corrected chi connectivity index (χ3v) is 3.39. The highest BCUT2D eigenvalue weighted by molar-refractivity contribution is 14.1. The van der Waals surface area contributed by atoms with E-state index < -0.39 is 0 Å². The molecule has 1 aromatic heterocycles. The SMILES string of the molecule is Cc1cc(I)cc(-c2cccs2)c1. The predicted octanol–water partition coefficient (Wildman–Crippen LogP) is 4.33. The van der Waals surface area contributed by atoms with Crippen molar-refractivity contribution in [1.82, 2.24) is 0 Å². The summed E-state index contributed by atoms with van der Waals surface area (Å²) < 4.78 is 1.31. The Morgan fingerprint density at radius 2 is 2.08 bits per heavy atom. The molecule has 2 rings (SSSR count). The summed E-state index contributed by atoms with van der Waals surface area (Å²) in [5.41, 5.74) is 2.66. The van der Waals surface area contributed by atoms with Crippen molar-refractivity contribution in [3.05, 3.63) is 44.8 Å². The maximum absolute atomic E-state index is 2.36. The normalized spacial score (nSPS) is 10.3. The van der Waals surface area contributed by atoms with Crippen molar-refractivity contribution in [2.24, 2.45) is 0 Å². The van der Waals surface area contributed by atoms with Crippen LogP contribution in [-0.2, 0) is 0 Å². The van der Waals surface area contributed by atoms with Crippen molar-refractivity contribution in [2.45, 2.75) is 6.92 Å². The first-order valence-corrected chi connectivity index (χ1v) is 6.02. The molecule has 0 amide bonds. The van der Waals surface area contributed by atoms with Crippen LogP contribution in [0.4, 0.5) is 0 Å². The molecule has 0 aliphatic heterocycles. The molecule has 13 heavy (non-hydrogen) atoms. The second-order valence-electron chi connectivity index (χ2n) is 2.99. The molecule has 2 heteroatoms. The van der Waals surface area contributed by atoms with Crippen LogP contribution >= 0.6 is 33.9 Å². The molecule has 0 saturated carbocycles. The molecule has 0 spiro atoms. The van der Waals surface area contributed by atoms with E-state index in [2.05, 4.69) is 65.2 Å². The number of hydrogen-bond acceptors (Lipinski definition) is 1. The first-order chi connectivity index (χ1) is 6.25. The van der Waals surface area contributed by atoms with Gasteiger partial charge in [0.2, 0.25) is 0 Å². The summed E-state index contributed by atoms with van der Waals surface area (Å²) in [5.74, 6) is 0. The molecule has 0 fully saturated rings. The molecular weight excluding hydrogens is 291 g/mol. The Bertz CT molecular complexity index is 384. The Balaban J connectivity index is 2.53. The van der Waals surface area contributed by atoms with E-state index in [1.807, 2.05) is 0 Å². The molecule has 2 aromatic rings. The smallest absolute Gasteiger partial charge is 0.0343 e. The molecule has 0 atom stereocenters. The van der Waals surface area contributed by atoms with E-state index in [4.69, 9.17) is 0 Å². The van der Waals surface area contributed by atoms with Crippen LogP contribution in [0.25, 0.3) is 10.4 Å². The van der Waals surface area contributed by atoms with Gasteiger partial charge in [-0.05, 0) is 64.2 Å². The second-order valence-corrected chi connectivity index (χ2v) is 5.19. The molecule has 0 aliphatic carbocycles. The highest BCUT2D eigenvalue weighted by atomic mass is 127. The van der Waals surface area contributed by atoms with E-state index in [0.29, 0.717) is 0 Å². The van der Waals surface area contributed by atoms with E-state index in [9.17, 15) is 0 Å². The van der Waals surface area contributed by atoms with E-state index >= 15 is 0 Å². The summed E-state index contributed by atoms with van der Waals surface area (Å²) in [4.78, 5) is 1.35. The topological polar surface area (TPSA) is 0 Å². The lowest BCUT2D eigenvalue weighted by molar-refractivity contribution is 1.45. The third-order valence-electron chi connectivity index (χ3n) is 1.85. The van der Waals surface area contributed by atoms with Gasteiger partial charge in [0.15, 0.2) is 0 Å². The molecule has 1 aromatic carbocycles. The van der Waals surface area contributed by atoms with Gasteiger partial charge in [0.25, 0.3) is 0 Å². The van der Waals surface area contributed by atoms with Crippen molar-refractivity contribution in [1.29, 1.82) is 0 Å². The van der Waals surface area contributed by atoms with E-state index in [0.717, 1.165) is 0 Å². The minimum Gasteiger partial charge on any atom is -0.144 e. The standard InChI is InChI=1S/C11H9IS/c1-8-5-9(7-10(12)6-8)11-3-2-4-13-11/h2-7H,1H3. The molecule has 0 N–H and O–H groups in total. The molecular formula is C11H9IS. The van der Waals surface area contributed by atoms with E-state index in [1.165, 1.54) is 19.6 Å². The highest BCUT2D eigenvalue weighted by Crippen LogP contribution is 2.26. The highest BCUT2D eigenvalue weighted by Gasteiger charge is 1.99. The number of thiophene rings is 1. The van der Waals surface area contributed by atoms with Crippen molar-refractivity contribution in [2.75, 3.05) is 0 Å². The first kappa shape index (κ1) is 9.21. The van der Waals surface area contributed by atoms with Crippen LogP contribution in [0, 0.1) is 10.5 Å². The Morgan fingerprint density at radius 3 is 2.69 bits per heavy atom. The summed E-state index contributed by atoms with van der Waals surface area (Å²) in [6.07, 6.45) is 0. The lowest BCUT2D eigenvalue weighted by Gasteiger charge is -2.00. The van der Waals surface area contributed by atoms with Gasteiger partial charge in [-0.3, -0.25) is 0 Å².